The summed E-state index contributed by atoms with van der Waals surface area (Å²) in [4.78, 5) is 13.9. The highest BCUT2D eigenvalue weighted by atomic mass is 16.1. The third-order valence-electron chi connectivity index (χ3n) is 3.74. The van der Waals surface area contributed by atoms with Gasteiger partial charge in [0.15, 0.2) is 0 Å². The van der Waals surface area contributed by atoms with Gasteiger partial charge in [-0.2, -0.15) is 0 Å². The molecule has 1 amide bonds. The van der Waals surface area contributed by atoms with E-state index in [1.165, 1.54) is 37.9 Å². The fraction of sp³-hybridized carbons (Fsp3) is 0.562. The predicted molar refractivity (Wildman–Crippen MR) is 81.1 cm³/mol. The van der Waals surface area contributed by atoms with Crippen LogP contribution in [-0.2, 0) is 17.9 Å². The Bertz CT molecular complexity index is 410. The number of nitrogens with two attached hydrogens (primary N) is 1. The Morgan fingerprint density at radius 2 is 1.75 bits per heavy atom. The van der Waals surface area contributed by atoms with Gasteiger partial charge in [-0.15, -0.1) is 0 Å². The lowest BCUT2D eigenvalue weighted by molar-refractivity contribution is -0.121. The summed E-state index contributed by atoms with van der Waals surface area (Å²) < 4.78 is 0. The molecule has 1 heterocycles. The molecule has 0 unspecified atom stereocenters. The lowest BCUT2D eigenvalue weighted by Gasteiger charge is -2.26. The van der Waals surface area contributed by atoms with Crippen LogP contribution in [0.4, 0.5) is 0 Å². The van der Waals surface area contributed by atoms with Crippen molar-refractivity contribution in [2.24, 2.45) is 5.73 Å². The highest BCUT2D eigenvalue weighted by Crippen LogP contribution is 2.13. The smallest absolute Gasteiger partial charge is 0.221 e. The van der Waals surface area contributed by atoms with E-state index in [0.29, 0.717) is 19.5 Å². The molecule has 3 N–H and O–H groups in total. The van der Waals surface area contributed by atoms with E-state index in [4.69, 9.17) is 5.73 Å². The van der Waals surface area contributed by atoms with E-state index in [0.717, 1.165) is 12.1 Å². The minimum atomic E-state index is 0.0184. The molecule has 0 atom stereocenters. The van der Waals surface area contributed by atoms with Crippen LogP contribution in [0.2, 0.25) is 0 Å². The van der Waals surface area contributed by atoms with Crippen molar-refractivity contribution < 1.29 is 4.79 Å². The summed E-state index contributed by atoms with van der Waals surface area (Å²) in [7, 11) is 0. The van der Waals surface area contributed by atoms with Crippen LogP contribution in [0, 0.1) is 0 Å². The third kappa shape index (κ3) is 4.94. The normalized spacial score (nSPS) is 16.1. The van der Waals surface area contributed by atoms with Gasteiger partial charge in [-0.25, -0.2) is 0 Å². The van der Waals surface area contributed by atoms with Crippen LogP contribution in [0.3, 0.4) is 0 Å². The third-order valence-corrected chi connectivity index (χ3v) is 3.74. The molecule has 1 saturated heterocycles. The number of piperidine rings is 1. The minimum Gasteiger partial charge on any atom is -0.352 e. The number of carbonyl (C=O) groups excluding carboxylic acids is 1. The van der Waals surface area contributed by atoms with Gasteiger partial charge < -0.3 is 11.1 Å². The van der Waals surface area contributed by atoms with E-state index in [-0.39, 0.29) is 5.91 Å². The van der Waals surface area contributed by atoms with E-state index in [2.05, 4.69) is 34.5 Å². The number of hydrogen-bond donors (Lipinski definition) is 2. The standard InChI is InChI=1S/C16H25N3O/c17-9-8-16(20)18-12-14-4-6-15(7-5-14)13-19-10-2-1-3-11-19/h4-7H,1-3,8-13,17H2,(H,18,20). The van der Waals surface area contributed by atoms with Gasteiger partial charge in [0.25, 0.3) is 0 Å². The topological polar surface area (TPSA) is 58.4 Å². The first kappa shape index (κ1) is 15.0. The van der Waals surface area contributed by atoms with Gasteiger partial charge in [0.05, 0.1) is 0 Å². The first-order valence-electron chi connectivity index (χ1n) is 7.55. The average Bonchev–Trinajstić information content (AvgIpc) is 2.48. The molecule has 20 heavy (non-hydrogen) atoms. The summed E-state index contributed by atoms with van der Waals surface area (Å²) in [5.41, 5.74) is 7.83. The number of rotatable bonds is 6. The van der Waals surface area contributed by atoms with Crippen molar-refractivity contribution in [3.8, 4) is 0 Å². The second-order valence-electron chi connectivity index (χ2n) is 5.47. The molecule has 1 aromatic carbocycles. The maximum absolute atomic E-state index is 11.3. The van der Waals surface area contributed by atoms with Gasteiger partial charge >= 0.3 is 0 Å². The van der Waals surface area contributed by atoms with E-state index in [9.17, 15) is 4.79 Å². The number of amides is 1. The van der Waals surface area contributed by atoms with Crippen molar-refractivity contribution in [2.75, 3.05) is 19.6 Å². The van der Waals surface area contributed by atoms with Gasteiger partial charge in [-0.3, -0.25) is 9.69 Å². The fourth-order valence-corrected chi connectivity index (χ4v) is 2.56. The van der Waals surface area contributed by atoms with Gasteiger partial charge in [0, 0.05) is 26.1 Å². The molecule has 4 nitrogen and oxygen atoms in total. The number of nitrogens with one attached hydrogen (secondary N) is 1. The minimum absolute atomic E-state index is 0.0184. The molecular weight excluding hydrogens is 250 g/mol. The summed E-state index contributed by atoms with van der Waals surface area (Å²) in [5, 5.41) is 2.87. The molecule has 110 valence electrons. The number of benzene rings is 1. The summed E-state index contributed by atoms with van der Waals surface area (Å²) in [6.07, 6.45) is 4.42. The monoisotopic (exact) mass is 275 g/mol. The Morgan fingerprint density at radius 1 is 1.10 bits per heavy atom. The first-order chi connectivity index (χ1) is 9.78. The Labute approximate surface area is 121 Å². The van der Waals surface area contributed by atoms with Gasteiger partial charge in [0.2, 0.25) is 5.91 Å². The van der Waals surface area contributed by atoms with Crippen LogP contribution >= 0.6 is 0 Å². The molecule has 1 fully saturated rings. The van der Waals surface area contributed by atoms with E-state index in [1.54, 1.807) is 0 Å². The molecule has 1 aliphatic rings. The number of likely N-dealkylation sites (tertiary alicyclic amines) is 1. The first-order valence-corrected chi connectivity index (χ1v) is 7.55. The van der Waals surface area contributed by atoms with Gasteiger partial charge in [-0.1, -0.05) is 30.7 Å². The maximum atomic E-state index is 11.3. The van der Waals surface area contributed by atoms with E-state index >= 15 is 0 Å². The van der Waals surface area contributed by atoms with E-state index in [1.807, 2.05) is 0 Å². The molecule has 0 radical (unpaired) electrons. The summed E-state index contributed by atoms with van der Waals surface area (Å²) >= 11 is 0. The largest absolute Gasteiger partial charge is 0.352 e. The van der Waals surface area contributed by atoms with Gasteiger partial charge in [-0.05, 0) is 37.1 Å². The molecule has 0 aliphatic carbocycles. The zero-order valence-corrected chi connectivity index (χ0v) is 12.1. The average molecular weight is 275 g/mol. The van der Waals surface area contributed by atoms with Gasteiger partial charge in [0.1, 0.15) is 0 Å². The van der Waals surface area contributed by atoms with Crippen LogP contribution in [0.5, 0.6) is 0 Å². The Hall–Kier alpha value is -1.39. The quantitative estimate of drug-likeness (QED) is 0.830. The van der Waals surface area contributed by atoms with Crippen molar-refractivity contribution >= 4 is 5.91 Å². The summed E-state index contributed by atoms with van der Waals surface area (Å²) in [6, 6.07) is 8.53. The van der Waals surface area contributed by atoms with Crippen LogP contribution < -0.4 is 11.1 Å². The predicted octanol–water partition coefficient (Wildman–Crippen LogP) is 1.64. The molecular formula is C16H25N3O. The Kier molecular flexibility index (Phi) is 6.02. The molecule has 0 saturated carbocycles. The molecule has 0 bridgehead atoms. The molecule has 0 aromatic heterocycles. The lowest BCUT2D eigenvalue weighted by Crippen LogP contribution is -2.29. The van der Waals surface area contributed by atoms with Crippen molar-refractivity contribution in [3.63, 3.8) is 0 Å². The van der Waals surface area contributed by atoms with Crippen LogP contribution in [0.25, 0.3) is 0 Å². The van der Waals surface area contributed by atoms with E-state index < -0.39 is 0 Å². The molecule has 0 spiro atoms. The van der Waals surface area contributed by atoms with Crippen LogP contribution in [0.1, 0.15) is 36.8 Å². The van der Waals surface area contributed by atoms with Crippen LogP contribution in [0.15, 0.2) is 24.3 Å². The highest BCUT2D eigenvalue weighted by Gasteiger charge is 2.10. The summed E-state index contributed by atoms with van der Waals surface area (Å²) in [6.45, 7) is 4.47. The van der Waals surface area contributed by atoms with Crippen LogP contribution in [-0.4, -0.2) is 30.4 Å². The number of nitrogens with zero attached hydrogens (tertiary/aromatic N) is 1. The highest BCUT2D eigenvalue weighted by molar-refractivity contribution is 5.76. The Balaban J connectivity index is 1.78. The maximum Gasteiger partial charge on any atom is 0.221 e. The lowest BCUT2D eigenvalue weighted by atomic mass is 10.1. The Morgan fingerprint density at radius 3 is 2.40 bits per heavy atom. The summed E-state index contributed by atoms with van der Waals surface area (Å²) in [5.74, 6) is 0.0184. The fourth-order valence-electron chi connectivity index (χ4n) is 2.56. The van der Waals surface area contributed by atoms with Crippen molar-refractivity contribution in [1.29, 1.82) is 0 Å². The molecule has 1 aliphatic heterocycles. The number of carbonyl (C=O) groups is 1. The molecule has 1 aromatic rings. The zero-order chi connectivity index (χ0) is 14.2. The molecule has 2 rings (SSSR count). The number of hydrogen-bond acceptors (Lipinski definition) is 3. The molecule has 4 heteroatoms. The zero-order valence-electron chi connectivity index (χ0n) is 12.1. The van der Waals surface area contributed by atoms with Crippen molar-refractivity contribution in [2.45, 2.75) is 38.8 Å². The van der Waals surface area contributed by atoms with Crippen molar-refractivity contribution in [1.82, 2.24) is 10.2 Å². The SMILES string of the molecule is NCCC(=O)NCc1ccc(CN2CCCCC2)cc1. The van der Waals surface area contributed by atoms with Crippen molar-refractivity contribution in [3.05, 3.63) is 35.4 Å². The second kappa shape index (κ2) is 8.02. The second-order valence-corrected chi connectivity index (χ2v) is 5.47.